The first-order valence-corrected chi connectivity index (χ1v) is 10.3. The highest BCUT2D eigenvalue weighted by molar-refractivity contribution is 14.0. The minimum Gasteiger partial charge on any atom is -0.462 e. The standard InChI is InChI=1S/C19H25N5O3S.HI/c1-19(2,3)27-18(25)23-6-7-24-14(11-23)10-21-17(24)20-9-13-12-28-16(22-13)15-5-4-8-26-15;/h4-5,8,12,14H,6-7,9-11H2,1-3H3,(H,20,21);1H. The van der Waals surface area contributed by atoms with Crippen molar-refractivity contribution in [2.45, 2.75) is 39.0 Å². The largest absolute Gasteiger partial charge is 0.462 e. The number of fused-ring (bicyclic) bond motifs is 1. The van der Waals surface area contributed by atoms with Gasteiger partial charge < -0.3 is 24.3 Å². The fourth-order valence-corrected chi connectivity index (χ4v) is 4.08. The van der Waals surface area contributed by atoms with Crippen LogP contribution in [0, 0.1) is 0 Å². The summed E-state index contributed by atoms with van der Waals surface area (Å²) < 4.78 is 10.9. The van der Waals surface area contributed by atoms with Gasteiger partial charge in [-0.15, -0.1) is 35.3 Å². The number of carbonyl (C=O) groups excluding carboxylic acids is 1. The van der Waals surface area contributed by atoms with Gasteiger partial charge in [0.15, 0.2) is 16.7 Å². The zero-order valence-electron chi connectivity index (χ0n) is 16.8. The Hall–Kier alpha value is -1.82. The summed E-state index contributed by atoms with van der Waals surface area (Å²) in [6, 6.07) is 3.96. The van der Waals surface area contributed by atoms with Crippen LogP contribution in [0.15, 0.2) is 33.2 Å². The molecule has 4 rings (SSSR count). The van der Waals surface area contributed by atoms with Gasteiger partial charge in [0, 0.05) is 25.0 Å². The van der Waals surface area contributed by atoms with Gasteiger partial charge in [-0.3, -0.25) is 4.99 Å². The zero-order chi connectivity index (χ0) is 19.7. The van der Waals surface area contributed by atoms with Gasteiger partial charge in [-0.2, -0.15) is 0 Å². The SMILES string of the molecule is CC(C)(C)OC(=O)N1CCN2C(NCc3csc(-c4ccco4)n3)=NCC2C1.I. The predicted molar refractivity (Wildman–Crippen MR) is 123 cm³/mol. The molecule has 1 fully saturated rings. The molecule has 10 heteroatoms. The van der Waals surface area contributed by atoms with Crippen molar-refractivity contribution in [1.29, 1.82) is 0 Å². The van der Waals surface area contributed by atoms with Crippen LogP contribution in [0.2, 0.25) is 0 Å². The van der Waals surface area contributed by atoms with E-state index in [1.807, 2.05) is 38.3 Å². The molecule has 8 nitrogen and oxygen atoms in total. The molecular weight excluding hydrogens is 505 g/mol. The number of carbonyl (C=O) groups is 1. The maximum absolute atomic E-state index is 12.3. The molecule has 2 aromatic heterocycles. The van der Waals surface area contributed by atoms with Crippen LogP contribution < -0.4 is 5.32 Å². The summed E-state index contributed by atoms with van der Waals surface area (Å²) in [4.78, 5) is 25.6. The van der Waals surface area contributed by atoms with Crippen molar-refractivity contribution < 1.29 is 13.9 Å². The third-order valence-electron chi connectivity index (χ3n) is 4.57. The Morgan fingerprint density at radius 3 is 2.97 bits per heavy atom. The quantitative estimate of drug-likeness (QED) is 0.612. The molecule has 1 atom stereocenters. The molecule has 0 aliphatic carbocycles. The van der Waals surface area contributed by atoms with Crippen LogP contribution in [0.1, 0.15) is 26.5 Å². The van der Waals surface area contributed by atoms with Gasteiger partial charge in [0.25, 0.3) is 0 Å². The molecule has 0 spiro atoms. The summed E-state index contributed by atoms with van der Waals surface area (Å²) in [5, 5.41) is 6.29. The van der Waals surface area contributed by atoms with E-state index in [-0.39, 0.29) is 36.1 Å². The minimum absolute atomic E-state index is 0. The van der Waals surface area contributed by atoms with Crippen LogP contribution in [0.4, 0.5) is 4.79 Å². The van der Waals surface area contributed by atoms with E-state index in [2.05, 4.69) is 20.2 Å². The van der Waals surface area contributed by atoms with Crippen molar-refractivity contribution in [3.05, 3.63) is 29.5 Å². The topological polar surface area (TPSA) is 83.2 Å². The molecule has 0 bridgehead atoms. The van der Waals surface area contributed by atoms with E-state index in [1.165, 1.54) is 0 Å². The minimum atomic E-state index is -0.477. The van der Waals surface area contributed by atoms with E-state index < -0.39 is 5.60 Å². The normalized spacial score (nSPS) is 18.7. The highest BCUT2D eigenvalue weighted by Crippen LogP contribution is 2.24. The molecule has 1 saturated heterocycles. The Bertz CT molecular complexity index is 862. The maximum Gasteiger partial charge on any atom is 0.410 e. The molecule has 29 heavy (non-hydrogen) atoms. The number of ether oxygens (including phenoxy) is 1. The highest BCUT2D eigenvalue weighted by Gasteiger charge is 2.36. The molecule has 0 saturated carbocycles. The van der Waals surface area contributed by atoms with Gasteiger partial charge in [0.2, 0.25) is 0 Å². The smallest absolute Gasteiger partial charge is 0.410 e. The Morgan fingerprint density at radius 2 is 2.24 bits per heavy atom. The van der Waals surface area contributed by atoms with Gasteiger partial charge in [0.05, 0.1) is 31.1 Å². The maximum atomic E-state index is 12.3. The van der Waals surface area contributed by atoms with E-state index in [1.54, 1.807) is 22.5 Å². The van der Waals surface area contributed by atoms with Crippen molar-refractivity contribution in [2.24, 2.45) is 4.99 Å². The first-order chi connectivity index (χ1) is 13.4. The Balaban J connectivity index is 0.00000240. The Morgan fingerprint density at radius 1 is 1.41 bits per heavy atom. The number of amides is 1. The lowest BCUT2D eigenvalue weighted by Crippen LogP contribution is -2.57. The van der Waals surface area contributed by atoms with Crippen molar-refractivity contribution in [3.63, 3.8) is 0 Å². The van der Waals surface area contributed by atoms with Crippen LogP contribution in [0.25, 0.3) is 10.8 Å². The number of thiazole rings is 1. The number of nitrogens with zero attached hydrogens (tertiary/aromatic N) is 4. The molecule has 1 unspecified atom stereocenters. The van der Waals surface area contributed by atoms with Crippen molar-refractivity contribution in [2.75, 3.05) is 26.2 Å². The van der Waals surface area contributed by atoms with Crippen LogP contribution in [0.5, 0.6) is 0 Å². The zero-order valence-corrected chi connectivity index (χ0v) is 19.9. The van der Waals surface area contributed by atoms with Gasteiger partial charge in [-0.05, 0) is 32.9 Å². The number of nitrogens with one attached hydrogen (secondary N) is 1. The van der Waals surface area contributed by atoms with Gasteiger partial charge in [-0.25, -0.2) is 9.78 Å². The lowest BCUT2D eigenvalue weighted by Gasteiger charge is -2.39. The van der Waals surface area contributed by atoms with E-state index in [0.717, 1.165) is 29.0 Å². The monoisotopic (exact) mass is 531 g/mol. The fourth-order valence-electron chi connectivity index (χ4n) is 3.29. The lowest BCUT2D eigenvalue weighted by molar-refractivity contribution is 0.0137. The molecule has 2 aliphatic rings. The average molecular weight is 531 g/mol. The summed E-state index contributed by atoms with van der Waals surface area (Å²) in [6.07, 6.45) is 1.40. The number of aliphatic imine (C=N–C) groups is 1. The van der Waals surface area contributed by atoms with E-state index in [0.29, 0.717) is 26.2 Å². The Kier molecular flexibility index (Phi) is 6.72. The number of piperazine rings is 1. The van der Waals surface area contributed by atoms with E-state index in [4.69, 9.17) is 9.15 Å². The second-order valence-corrected chi connectivity index (χ2v) is 8.77. The summed E-state index contributed by atoms with van der Waals surface area (Å²) in [7, 11) is 0. The van der Waals surface area contributed by atoms with E-state index >= 15 is 0 Å². The number of furan rings is 1. The van der Waals surface area contributed by atoms with Crippen LogP contribution in [0.3, 0.4) is 0 Å². The van der Waals surface area contributed by atoms with Crippen molar-refractivity contribution in [1.82, 2.24) is 20.1 Å². The van der Waals surface area contributed by atoms with Crippen molar-refractivity contribution in [3.8, 4) is 10.8 Å². The van der Waals surface area contributed by atoms with Crippen LogP contribution in [-0.2, 0) is 11.3 Å². The van der Waals surface area contributed by atoms with E-state index in [9.17, 15) is 4.79 Å². The van der Waals surface area contributed by atoms with Gasteiger partial charge >= 0.3 is 6.09 Å². The fraction of sp³-hybridized carbons (Fsp3) is 0.526. The third kappa shape index (κ3) is 5.21. The lowest BCUT2D eigenvalue weighted by atomic mass is 10.2. The number of rotatable bonds is 3. The second-order valence-electron chi connectivity index (χ2n) is 7.91. The highest BCUT2D eigenvalue weighted by atomic mass is 127. The molecule has 2 aliphatic heterocycles. The molecule has 2 aromatic rings. The first kappa shape index (κ1) is 21.9. The Labute approximate surface area is 191 Å². The number of hydrogen-bond acceptors (Lipinski definition) is 8. The number of halogens is 1. The molecule has 0 radical (unpaired) electrons. The third-order valence-corrected chi connectivity index (χ3v) is 5.48. The van der Waals surface area contributed by atoms with Gasteiger partial charge in [0.1, 0.15) is 5.60 Å². The molecular formula is C19H26IN5O3S. The second kappa shape index (κ2) is 8.90. The molecule has 1 N–H and O–H groups in total. The first-order valence-electron chi connectivity index (χ1n) is 9.40. The van der Waals surface area contributed by atoms with Crippen LogP contribution in [-0.4, -0.2) is 64.7 Å². The number of hydrogen-bond donors (Lipinski definition) is 1. The van der Waals surface area contributed by atoms with Crippen LogP contribution >= 0.6 is 35.3 Å². The summed E-state index contributed by atoms with van der Waals surface area (Å²) >= 11 is 1.56. The average Bonchev–Trinajstić information content (AvgIpc) is 3.38. The number of aromatic nitrogens is 1. The summed E-state index contributed by atoms with van der Waals surface area (Å²) in [6.45, 7) is 8.94. The molecule has 158 valence electrons. The van der Waals surface area contributed by atoms with Crippen molar-refractivity contribution >= 4 is 47.4 Å². The molecule has 4 heterocycles. The van der Waals surface area contributed by atoms with Gasteiger partial charge in [-0.1, -0.05) is 0 Å². The molecule has 0 aromatic carbocycles. The summed E-state index contributed by atoms with van der Waals surface area (Å²) in [5.74, 6) is 1.66. The predicted octanol–water partition coefficient (Wildman–Crippen LogP) is 3.40. The number of guanidine groups is 1. The summed E-state index contributed by atoms with van der Waals surface area (Å²) in [5.41, 5.74) is 0.477. The molecule has 1 amide bonds.